The molecule has 0 bridgehead atoms. The van der Waals surface area contributed by atoms with E-state index in [2.05, 4.69) is 18.2 Å². The molecule has 0 heterocycles. The Morgan fingerprint density at radius 2 is 1.29 bits per heavy atom. The van der Waals surface area contributed by atoms with Crippen LogP contribution in [0.3, 0.4) is 0 Å². The minimum atomic E-state index is 0.682. The largest absolute Gasteiger partial charge is 0.494 e. The zero-order valence-corrected chi connectivity index (χ0v) is 14.8. The van der Waals surface area contributed by atoms with Gasteiger partial charge in [0.05, 0.1) is 18.2 Å². The number of rotatable bonds is 10. The van der Waals surface area contributed by atoms with Crippen LogP contribution in [0.25, 0.3) is 11.1 Å². The maximum atomic E-state index is 8.84. The smallest absolute Gasteiger partial charge is 0.119 e. The van der Waals surface area contributed by atoms with Crippen LogP contribution in [0.4, 0.5) is 0 Å². The van der Waals surface area contributed by atoms with E-state index in [9.17, 15) is 0 Å². The average molecular weight is 342 g/mol. The van der Waals surface area contributed by atoms with Gasteiger partial charge in [0.1, 0.15) is 5.75 Å². The zero-order valence-electron chi connectivity index (χ0n) is 14.0. The number of ether oxygens (including phenoxy) is 1. The van der Waals surface area contributed by atoms with Gasteiger partial charge in [-0.15, -0.1) is 11.6 Å². The van der Waals surface area contributed by atoms with Gasteiger partial charge in [-0.2, -0.15) is 5.26 Å². The first-order chi connectivity index (χ1) is 11.8. The van der Waals surface area contributed by atoms with Crippen molar-refractivity contribution in [1.82, 2.24) is 0 Å². The Morgan fingerprint density at radius 3 is 1.88 bits per heavy atom. The van der Waals surface area contributed by atoms with E-state index in [4.69, 9.17) is 21.6 Å². The monoisotopic (exact) mass is 341 g/mol. The van der Waals surface area contributed by atoms with Gasteiger partial charge >= 0.3 is 0 Å². The van der Waals surface area contributed by atoms with Crippen LogP contribution in [0.15, 0.2) is 48.5 Å². The highest BCUT2D eigenvalue weighted by molar-refractivity contribution is 6.17. The first kappa shape index (κ1) is 18.4. The number of halogens is 1. The Morgan fingerprint density at radius 1 is 0.750 bits per heavy atom. The summed E-state index contributed by atoms with van der Waals surface area (Å²) in [5.74, 6) is 1.69. The number of hydrogen-bond acceptors (Lipinski definition) is 2. The third-order valence-corrected chi connectivity index (χ3v) is 4.27. The number of alkyl halides is 1. The lowest BCUT2D eigenvalue weighted by Crippen LogP contribution is -1.97. The number of benzene rings is 2. The molecule has 0 N–H and O–H groups in total. The molecule has 0 unspecified atom stereocenters. The molecule has 3 heteroatoms. The first-order valence-corrected chi connectivity index (χ1v) is 9.16. The lowest BCUT2D eigenvalue weighted by atomic mass is 10.0. The number of hydrogen-bond donors (Lipinski definition) is 0. The minimum Gasteiger partial charge on any atom is -0.494 e. The molecule has 0 saturated heterocycles. The fourth-order valence-corrected chi connectivity index (χ4v) is 2.76. The van der Waals surface area contributed by atoms with E-state index in [1.165, 1.54) is 25.7 Å². The summed E-state index contributed by atoms with van der Waals surface area (Å²) in [5, 5.41) is 8.84. The highest BCUT2D eigenvalue weighted by Gasteiger charge is 2.00. The number of nitriles is 1. The average Bonchev–Trinajstić information content (AvgIpc) is 2.64. The summed E-state index contributed by atoms with van der Waals surface area (Å²) < 4.78 is 5.80. The van der Waals surface area contributed by atoms with Gasteiger partial charge in [0, 0.05) is 5.88 Å². The SMILES string of the molecule is N#Cc1ccc(-c2ccc(OCCCCCCCCCl)cc2)cc1. The van der Waals surface area contributed by atoms with E-state index >= 15 is 0 Å². The van der Waals surface area contributed by atoms with Gasteiger partial charge in [0.15, 0.2) is 0 Å². The second kappa shape index (κ2) is 10.7. The molecular weight excluding hydrogens is 318 g/mol. The van der Waals surface area contributed by atoms with Crippen LogP contribution in [0.2, 0.25) is 0 Å². The number of unbranched alkanes of at least 4 members (excludes halogenated alkanes) is 5. The van der Waals surface area contributed by atoms with Crippen LogP contribution >= 0.6 is 11.6 Å². The van der Waals surface area contributed by atoms with Crippen molar-refractivity contribution in [2.75, 3.05) is 12.5 Å². The molecule has 2 aromatic carbocycles. The van der Waals surface area contributed by atoms with Crippen LogP contribution in [-0.2, 0) is 0 Å². The molecule has 0 aliphatic rings. The lowest BCUT2D eigenvalue weighted by molar-refractivity contribution is 0.304. The molecule has 2 aromatic rings. The summed E-state index contributed by atoms with van der Waals surface area (Å²) in [6.07, 6.45) is 7.21. The van der Waals surface area contributed by atoms with Crippen molar-refractivity contribution in [2.45, 2.75) is 38.5 Å². The molecule has 0 saturated carbocycles. The van der Waals surface area contributed by atoms with E-state index in [1.54, 1.807) is 0 Å². The van der Waals surface area contributed by atoms with Gasteiger partial charge in [0.25, 0.3) is 0 Å². The van der Waals surface area contributed by atoms with Crippen molar-refractivity contribution in [2.24, 2.45) is 0 Å². The molecule has 2 nitrogen and oxygen atoms in total. The van der Waals surface area contributed by atoms with Crippen LogP contribution in [0, 0.1) is 11.3 Å². The maximum Gasteiger partial charge on any atom is 0.119 e. The summed E-state index contributed by atoms with van der Waals surface area (Å²) in [4.78, 5) is 0. The van der Waals surface area contributed by atoms with Crippen LogP contribution in [0.1, 0.15) is 44.1 Å². The molecule has 0 fully saturated rings. The molecule has 126 valence electrons. The van der Waals surface area contributed by atoms with Gasteiger partial charge in [-0.3, -0.25) is 0 Å². The van der Waals surface area contributed by atoms with Crippen molar-refractivity contribution in [3.63, 3.8) is 0 Å². The van der Waals surface area contributed by atoms with Gasteiger partial charge in [0.2, 0.25) is 0 Å². The van der Waals surface area contributed by atoms with Crippen LogP contribution < -0.4 is 4.74 Å². The quantitative estimate of drug-likeness (QED) is 0.381. The second-order valence-corrected chi connectivity index (χ2v) is 6.25. The molecule has 0 spiro atoms. The van der Waals surface area contributed by atoms with E-state index in [-0.39, 0.29) is 0 Å². The van der Waals surface area contributed by atoms with E-state index in [0.29, 0.717) is 5.56 Å². The molecule has 24 heavy (non-hydrogen) atoms. The van der Waals surface area contributed by atoms with Crippen molar-refractivity contribution < 1.29 is 4.74 Å². The molecule has 0 aliphatic carbocycles. The van der Waals surface area contributed by atoms with Gasteiger partial charge in [-0.1, -0.05) is 49.9 Å². The standard InChI is InChI=1S/C21H24ClNO/c22-15-5-3-1-2-4-6-16-24-21-13-11-20(12-14-21)19-9-7-18(17-23)8-10-19/h7-14H,1-6,15-16H2. The third-order valence-electron chi connectivity index (χ3n) is 4.00. The molecule has 0 aromatic heterocycles. The Labute approximate surface area is 150 Å². The first-order valence-electron chi connectivity index (χ1n) is 8.63. The summed E-state index contributed by atoms with van der Waals surface area (Å²) in [7, 11) is 0. The van der Waals surface area contributed by atoms with Crippen LogP contribution in [-0.4, -0.2) is 12.5 Å². The molecule has 0 amide bonds. The molecule has 0 aliphatic heterocycles. The number of nitrogens with zero attached hydrogens (tertiary/aromatic N) is 1. The summed E-state index contributed by atoms with van der Waals surface area (Å²) in [6.45, 7) is 0.770. The van der Waals surface area contributed by atoms with E-state index in [0.717, 1.165) is 42.2 Å². The van der Waals surface area contributed by atoms with Crippen molar-refractivity contribution in [3.8, 4) is 22.9 Å². The molecular formula is C21H24ClNO. The predicted molar refractivity (Wildman–Crippen MR) is 101 cm³/mol. The Bertz CT molecular complexity index is 628. The Hall–Kier alpha value is -1.98. The van der Waals surface area contributed by atoms with Gasteiger partial charge in [-0.05, 0) is 48.2 Å². The van der Waals surface area contributed by atoms with Gasteiger partial charge < -0.3 is 4.74 Å². The van der Waals surface area contributed by atoms with Crippen molar-refractivity contribution in [3.05, 3.63) is 54.1 Å². The molecule has 0 radical (unpaired) electrons. The zero-order chi connectivity index (χ0) is 17.0. The fraction of sp³-hybridized carbons (Fsp3) is 0.381. The third kappa shape index (κ3) is 6.26. The Balaban J connectivity index is 1.71. The summed E-state index contributed by atoms with van der Waals surface area (Å²) in [6, 6.07) is 17.9. The Kier molecular flexibility index (Phi) is 8.21. The topological polar surface area (TPSA) is 33.0 Å². The highest BCUT2D eigenvalue weighted by Crippen LogP contribution is 2.23. The lowest BCUT2D eigenvalue weighted by Gasteiger charge is -2.07. The molecule has 2 rings (SSSR count). The predicted octanol–water partition coefficient (Wildman–Crippen LogP) is 6.18. The van der Waals surface area contributed by atoms with E-state index in [1.807, 2.05) is 36.4 Å². The van der Waals surface area contributed by atoms with Gasteiger partial charge in [-0.25, -0.2) is 0 Å². The summed E-state index contributed by atoms with van der Waals surface area (Å²) >= 11 is 5.66. The van der Waals surface area contributed by atoms with E-state index < -0.39 is 0 Å². The van der Waals surface area contributed by atoms with Crippen molar-refractivity contribution >= 4 is 11.6 Å². The fourth-order valence-electron chi connectivity index (χ4n) is 2.57. The van der Waals surface area contributed by atoms with Crippen LogP contribution in [0.5, 0.6) is 5.75 Å². The summed E-state index contributed by atoms with van der Waals surface area (Å²) in [5.41, 5.74) is 2.92. The maximum absolute atomic E-state index is 8.84. The minimum absolute atomic E-state index is 0.682. The highest BCUT2D eigenvalue weighted by atomic mass is 35.5. The molecule has 0 atom stereocenters. The van der Waals surface area contributed by atoms with Crippen molar-refractivity contribution in [1.29, 1.82) is 5.26 Å². The normalized spacial score (nSPS) is 10.3. The second-order valence-electron chi connectivity index (χ2n) is 5.87.